The molecule has 0 aromatic carbocycles. The zero-order valence-corrected chi connectivity index (χ0v) is 11.5. The van der Waals surface area contributed by atoms with Crippen LogP contribution in [0.1, 0.15) is 59.8 Å². The molecule has 1 saturated carbocycles. The fraction of sp³-hybridized carbons (Fsp3) is 0.857. The quantitative estimate of drug-likeness (QED) is 0.759. The molecule has 0 atom stereocenters. The Balaban J connectivity index is 2.50. The molecular weight excluding hydrogens is 214 g/mol. The molecule has 1 rings (SSSR count). The molecule has 0 aromatic heterocycles. The lowest BCUT2D eigenvalue weighted by Crippen LogP contribution is -2.44. The molecule has 0 bridgehead atoms. The van der Waals surface area contributed by atoms with Gasteiger partial charge in [-0.3, -0.25) is 14.5 Å². The molecule has 1 aliphatic carbocycles. The first-order valence-electron chi connectivity index (χ1n) is 6.72. The van der Waals surface area contributed by atoms with Gasteiger partial charge < -0.3 is 0 Å². The Hall–Kier alpha value is -0.860. The average molecular weight is 239 g/mol. The molecule has 1 fully saturated rings. The number of hydrogen-bond donors (Lipinski definition) is 0. The molecule has 0 aliphatic heterocycles. The normalized spacial score (nSPS) is 24.8. The van der Waals surface area contributed by atoms with Crippen molar-refractivity contribution in [2.45, 2.75) is 65.8 Å². The topological polar surface area (TPSA) is 37.4 Å². The Morgan fingerprint density at radius 2 is 1.53 bits per heavy atom. The molecule has 3 nitrogen and oxygen atoms in total. The van der Waals surface area contributed by atoms with Gasteiger partial charge in [-0.2, -0.15) is 0 Å². The smallest absolute Gasteiger partial charge is 0.226 e. The summed E-state index contributed by atoms with van der Waals surface area (Å²) in [5.41, 5.74) is 0. The van der Waals surface area contributed by atoms with Crippen LogP contribution in [0.3, 0.4) is 0 Å². The van der Waals surface area contributed by atoms with Gasteiger partial charge in [0.1, 0.15) is 0 Å². The van der Waals surface area contributed by atoms with Gasteiger partial charge in [-0.25, -0.2) is 0 Å². The molecule has 98 valence electrons. The third kappa shape index (κ3) is 4.14. The molecule has 2 amide bonds. The van der Waals surface area contributed by atoms with E-state index in [4.69, 9.17) is 0 Å². The van der Waals surface area contributed by atoms with Crippen LogP contribution in [0.4, 0.5) is 0 Å². The highest BCUT2D eigenvalue weighted by Gasteiger charge is 2.29. The van der Waals surface area contributed by atoms with Gasteiger partial charge in [0.25, 0.3) is 0 Å². The van der Waals surface area contributed by atoms with E-state index in [2.05, 4.69) is 13.8 Å². The largest absolute Gasteiger partial charge is 0.280 e. The van der Waals surface area contributed by atoms with Crippen LogP contribution < -0.4 is 0 Å². The molecule has 0 saturated heterocycles. The second-order valence-electron chi connectivity index (χ2n) is 5.71. The summed E-state index contributed by atoms with van der Waals surface area (Å²) < 4.78 is 0. The van der Waals surface area contributed by atoms with Gasteiger partial charge in [0, 0.05) is 19.9 Å². The molecule has 3 heteroatoms. The summed E-state index contributed by atoms with van der Waals surface area (Å²) in [6, 6.07) is 0.147. The fourth-order valence-corrected chi connectivity index (χ4v) is 3.04. The molecule has 0 N–H and O–H groups in total. The summed E-state index contributed by atoms with van der Waals surface area (Å²) in [5, 5.41) is 0. The summed E-state index contributed by atoms with van der Waals surface area (Å²) in [6.07, 6.45) is 5.54. The van der Waals surface area contributed by atoms with Crippen LogP contribution in [-0.2, 0) is 9.59 Å². The van der Waals surface area contributed by atoms with Crippen molar-refractivity contribution in [3.8, 4) is 0 Å². The third-order valence-corrected chi connectivity index (χ3v) is 3.66. The van der Waals surface area contributed by atoms with Crippen LogP contribution in [0.5, 0.6) is 0 Å². The van der Waals surface area contributed by atoms with Gasteiger partial charge in [-0.05, 0) is 43.9 Å². The Bertz CT molecular complexity index is 264. The zero-order chi connectivity index (χ0) is 13.0. The van der Waals surface area contributed by atoms with E-state index in [9.17, 15) is 9.59 Å². The number of carbonyl (C=O) groups is 2. The van der Waals surface area contributed by atoms with Gasteiger partial charge in [-0.1, -0.05) is 13.8 Å². The highest BCUT2D eigenvalue weighted by atomic mass is 16.2. The first kappa shape index (κ1) is 14.2. The third-order valence-electron chi connectivity index (χ3n) is 3.66. The predicted molar refractivity (Wildman–Crippen MR) is 68.4 cm³/mol. The Labute approximate surface area is 105 Å². The number of rotatable bonds is 3. The van der Waals surface area contributed by atoms with Gasteiger partial charge in [-0.15, -0.1) is 0 Å². The predicted octanol–water partition coefficient (Wildman–Crippen LogP) is 2.99. The van der Waals surface area contributed by atoms with Gasteiger partial charge in [0.15, 0.2) is 0 Å². The van der Waals surface area contributed by atoms with Crippen LogP contribution >= 0.6 is 0 Å². The van der Waals surface area contributed by atoms with E-state index in [0.29, 0.717) is 0 Å². The summed E-state index contributed by atoms with van der Waals surface area (Å²) in [7, 11) is 0. The van der Waals surface area contributed by atoms with Gasteiger partial charge in [0.2, 0.25) is 11.8 Å². The van der Waals surface area contributed by atoms with E-state index in [1.807, 2.05) is 0 Å². The molecule has 0 spiro atoms. The van der Waals surface area contributed by atoms with E-state index in [0.717, 1.165) is 37.5 Å². The van der Waals surface area contributed by atoms with Crippen molar-refractivity contribution in [2.75, 3.05) is 0 Å². The SMILES string of the molecule is CC(=O)N(C(C)=O)C1CCC(CC(C)C)CC1. The monoisotopic (exact) mass is 239 g/mol. The summed E-state index contributed by atoms with van der Waals surface area (Å²) in [6.45, 7) is 7.48. The number of imide groups is 1. The minimum absolute atomic E-state index is 0.107. The van der Waals surface area contributed by atoms with E-state index in [1.54, 1.807) is 0 Å². The fourth-order valence-electron chi connectivity index (χ4n) is 3.04. The van der Waals surface area contributed by atoms with Crippen LogP contribution in [-0.4, -0.2) is 22.8 Å². The van der Waals surface area contributed by atoms with Crippen molar-refractivity contribution >= 4 is 11.8 Å². The lowest BCUT2D eigenvalue weighted by molar-refractivity contribution is -0.145. The van der Waals surface area contributed by atoms with Crippen molar-refractivity contribution in [3.05, 3.63) is 0 Å². The van der Waals surface area contributed by atoms with Crippen LogP contribution in [0, 0.1) is 11.8 Å². The lowest BCUT2D eigenvalue weighted by Gasteiger charge is -2.35. The average Bonchev–Trinajstić information content (AvgIpc) is 2.18. The van der Waals surface area contributed by atoms with Crippen LogP contribution in [0.15, 0.2) is 0 Å². The first-order valence-corrected chi connectivity index (χ1v) is 6.72. The van der Waals surface area contributed by atoms with Crippen molar-refractivity contribution in [1.82, 2.24) is 4.90 Å². The van der Waals surface area contributed by atoms with Crippen LogP contribution in [0.25, 0.3) is 0 Å². The second-order valence-corrected chi connectivity index (χ2v) is 5.71. The maximum Gasteiger partial charge on any atom is 0.226 e. The Morgan fingerprint density at radius 1 is 1.06 bits per heavy atom. The van der Waals surface area contributed by atoms with Crippen molar-refractivity contribution in [1.29, 1.82) is 0 Å². The summed E-state index contributed by atoms with van der Waals surface area (Å²) in [5.74, 6) is 1.31. The minimum atomic E-state index is -0.107. The highest BCUT2D eigenvalue weighted by molar-refractivity contribution is 5.93. The molecular formula is C14H25NO2. The highest BCUT2D eigenvalue weighted by Crippen LogP contribution is 2.31. The Kier molecular flexibility index (Phi) is 5.16. The van der Waals surface area contributed by atoms with Crippen molar-refractivity contribution in [3.63, 3.8) is 0 Å². The molecule has 1 aliphatic rings. The van der Waals surface area contributed by atoms with E-state index >= 15 is 0 Å². The first-order chi connectivity index (χ1) is 7.91. The lowest BCUT2D eigenvalue weighted by atomic mass is 9.81. The van der Waals surface area contributed by atoms with E-state index in [-0.39, 0.29) is 17.9 Å². The minimum Gasteiger partial charge on any atom is -0.280 e. The number of carbonyl (C=O) groups excluding carboxylic acids is 2. The standard InChI is InChI=1S/C14H25NO2/c1-10(2)9-13-5-7-14(8-6-13)15(11(3)16)12(4)17/h10,13-14H,5-9H2,1-4H3. The molecule has 0 heterocycles. The summed E-state index contributed by atoms with van der Waals surface area (Å²) >= 11 is 0. The van der Waals surface area contributed by atoms with Gasteiger partial charge in [0.05, 0.1) is 0 Å². The summed E-state index contributed by atoms with van der Waals surface area (Å²) in [4.78, 5) is 24.3. The Morgan fingerprint density at radius 3 is 1.88 bits per heavy atom. The number of amides is 2. The zero-order valence-electron chi connectivity index (χ0n) is 11.5. The molecule has 0 radical (unpaired) electrons. The van der Waals surface area contributed by atoms with Crippen molar-refractivity contribution < 1.29 is 9.59 Å². The van der Waals surface area contributed by atoms with Crippen molar-refractivity contribution in [2.24, 2.45) is 11.8 Å². The second kappa shape index (κ2) is 6.18. The molecule has 0 aromatic rings. The maximum absolute atomic E-state index is 11.4. The van der Waals surface area contributed by atoms with Gasteiger partial charge >= 0.3 is 0 Å². The number of nitrogens with zero attached hydrogens (tertiary/aromatic N) is 1. The van der Waals surface area contributed by atoms with E-state index in [1.165, 1.54) is 25.2 Å². The van der Waals surface area contributed by atoms with Crippen LogP contribution in [0.2, 0.25) is 0 Å². The number of hydrogen-bond acceptors (Lipinski definition) is 2. The maximum atomic E-state index is 11.4. The van der Waals surface area contributed by atoms with E-state index < -0.39 is 0 Å². The molecule has 17 heavy (non-hydrogen) atoms. The molecule has 0 unspecified atom stereocenters.